The molecule has 0 aromatic carbocycles. The van der Waals surface area contributed by atoms with Crippen LogP contribution in [0.1, 0.15) is 39.5 Å². The van der Waals surface area contributed by atoms with Crippen LogP contribution in [0.25, 0.3) is 0 Å². The molecule has 4 aliphatic rings. The Morgan fingerprint density at radius 2 is 2.00 bits per heavy atom. The molecule has 8 atom stereocenters. The highest BCUT2D eigenvalue weighted by molar-refractivity contribution is 5.86. The fourth-order valence-corrected chi connectivity index (χ4v) is 6.92. The van der Waals surface area contributed by atoms with Crippen LogP contribution in [0.3, 0.4) is 0 Å². The zero-order chi connectivity index (χ0) is 18.4. The van der Waals surface area contributed by atoms with Gasteiger partial charge in [0.05, 0.1) is 23.0 Å². The third-order valence-corrected chi connectivity index (χ3v) is 8.10. The predicted molar refractivity (Wildman–Crippen MR) is 90.5 cm³/mol. The van der Waals surface area contributed by atoms with Crippen molar-refractivity contribution in [3.8, 4) is 0 Å². The number of carboxylic acids is 1. The maximum Gasteiger partial charge on any atom is 0.307 e. The van der Waals surface area contributed by atoms with E-state index in [4.69, 9.17) is 0 Å². The summed E-state index contributed by atoms with van der Waals surface area (Å²) in [4.78, 5) is 24.9. The van der Waals surface area contributed by atoms with Gasteiger partial charge in [-0.15, -0.1) is 0 Å². The van der Waals surface area contributed by atoms with E-state index in [2.05, 4.69) is 6.58 Å². The highest BCUT2D eigenvalue weighted by Crippen LogP contribution is 2.73. The van der Waals surface area contributed by atoms with E-state index < -0.39 is 40.3 Å². The van der Waals surface area contributed by atoms with E-state index in [9.17, 15) is 24.9 Å². The molecule has 136 valence electrons. The van der Waals surface area contributed by atoms with E-state index in [1.165, 1.54) is 13.0 Å². The van der Waals surface area contributed by atoms with Gasteiger partial charge >= 0.3 is 5.97 Å². The first-order chi connectivity index (χ1) is 11.6. The molecule has 8 unspecified atom stereocenters. The van der Waals surface area contributed by atoms with Gasteiger partial charge in [0.25, 0.3) is 0 Å². The second-order valence-corrected chi connectivity index (χ2v) is 8.92. The number of aliphatic hydroxyl groups is 2. The third kappa shape index (κ3) is 1.76. The summed E-state index contributed by atoms with van der Waals surface area (Å²) in [5.74, 6) is -2.86. The van der Waals surface area contributed by atoms with Gasteiger partial charge in [0.1, 0.15) is 5.78 Å². The third-order valence-electron chi connectivity index (χ3n) is 8.10. The molecule has 3 saturated carbocycles. The molecule has 3 N–H and O–H groups in total. The molecule has 25 heavy (non-hydrogen) atoms. The van der Waals surface area contributed by atoms with Gasteiger partial charge in [0.2, 0.25) is 0 Å². The van der Waals surface area contributed by atoms with Crippen LogP contribution in [-0.4, -0.2) is 38.8 Å². The van der Waals surface area contributed by atoms with Crippen molar-refractivity contribution in [2.45, 2.75) is 51.2 Å². The highest BCUT2D eigenvalue weighted by atomic mass is 16.4. The lowest BCUT2D eigenvalue weighted by molar-refractivity contribution is -0.161. The summed E-state index contributed by atoms with van der Waals surface area (Å²) in [5, 5.41) is 32.4. The monoisotopic (exact) mass is 346 g/mol. The molecule has 0 aliphatic heterocycles. The number of hydrogen-bond acceptors (Lipinski definition) is 4. The molecule has 0 aromatic rings. The van der Waals surface area contributed by atoms with Crippen molar-refractivity contribution in [2.75, 3.05) is 0 Å². The molecule has 1 spiro atoms. The van der Waals surface area contributed by atoms with Crippen LogP contribution in [0.2, 0.25) is 0 Å². The van der Waals surface area contributed by atoms with Crippen molar-refractivity contribution in [1.82, 2.24) is 0 Å². The number of hydrogen-bond donors (Lipinski definition) is 3. The Bertz CT molecular complexity index is 711. The second-order valence-electron chi connectivity index (χ2n) is 8.92. The zero-order valence-corrected chi connectivity index (χ0v) is 14.7. The Balaban J connectivity index is 1.98. The van der Waals surface area contributed by atoms with E-state index >= 15 is 0 Å². The van der Waals surface area contributed by atoms with Gasteiger partial charge < -0.3 is 15.3 Å². The number of fused-ring (bicyclic) bond motifs is 3. The molecular formula is C20H26O5. The van der Waals surface area contributed by atoms with Gasteiger partial charge in [-0.3, -0.25) is 9.59 Å². The molecule has 5 nitrogen and oxygen atoms in total. The van der Waals surface area contributed by atoms with E-state index in [0.717, 1.165) is 18.4 Å². The van der Waals surface area contributed by atoms with E-state index in [1.807, 2.05) is 0 Å². The SMILES string of the molecule is C=C1CC23CC1CCC2C1(O)C=CC(O)C(C)(C(C)=O)C1C3C(=O)O. The summed E-state index contributed by atoms with van der Waals surface area (Å²) in [6.45, 7) is 7.17. The summed E-state index contributed by atoms with van der Waals surface area (Å²) in [6, 6.07) is 0. The average molecular weight is 346 g/mol. The number of rotatable bonds is 2. The number of ketones is 1. The van der Waals surface area contributed by atoms with E-state index in [0.29, 0.717) is 18.8 Å². The summed E-state index contributed by atoms with van der Waals surface area (Å²) in [6.07, 6.45) is 4.93. The Kier molecular flexibility index (Phi) is 3.28. The number of carbonyl (C=O) groups excluding carboxylic acids is 1. The molecule has 4 aliphatic carbocycles. The first kappa shape index (κ1) is 17.0. The van der Waals surface area contributed by atoms with Crippen molar-refractivity contribution >= 4 is 11.8 Å². The molecule has 4 rings (SSSR count). The van der Waals surface area contributed by atoms with Gasteiger partial charge in [-0.2, -0.15) is 0 Å². The molecule has 0 aromatic heterocycles. The smallest absolute Gasteiger partial charge is 0.307 e. The average Bonchev–Trinajstić information content (AvgIpc) is 2.91. The first-order valence-electron chi connectivity index (χ1n) is 9.10. The maximum absolute atomic E-state index is 12.5. The highest BCUT2D eigenvalue weighted by Gasteiger charge is 2.76. The minimum absolute atomic E-state index is 0.218. The lowest BCUT2D eigenvalue weighted by Gasteiger charge is -2.48. The van der Waals surface area contributed by atoms with E-state index in [-0.39, 0.29) is 11.7 Å². The second kappa shape index (κ2) is 4.83. The number of carboxylic acid groups (broad SMARTS) is 1. The van der Waals surface area contributed by atoms with Crippen LogP contribution in [0, 0.1) is 34.5 Å². The first-order valence-corrected chi connectivity index (χ1v) is 9.10. The van der Waals surface area contributed by atoms with Crippen molar-refractivity contribution in [2.24, 2.45) is 34.5 Å². The lowest BCUT2D eigenvalue weighted by Crippen LogP contribution is -2.58. The number of carbonyl (C=O) groups is 2. The van der Waals surface area contributed by atoms with Crippen molar-refractivity contribution in [3.63, 3.8) is 0 Å². The van der Waals surface area contributed by atoms with E-state index in [1.54, 1.807) is 13.0 Å². The van der Waals surface area contributed by atoms with Crippen LogP contribution in [0.15, 0.2) is 24.3 Å². The Labute approximate surface area is 147 Å². The standard InChI is InChI=1S/C20H26O5/c1-10-8-19-9-12(10)4-5-13(19)20(25)7-6-14(22)18(3,11(2)21)16(20)15(19)17(23)24/h6-7,12-16,22,25H,1,4-5,8-9H2,2-3H3,(H,23,24). The van der Waals surface area contributed by atoms with Gasteiger partial charge in [-0.25, -0.2) is 0 Å². The van der Waals surface area contributed by atoms with Crippen molar-refractivity contribution in [3.05, 3.63) is 24.3 Å². The summed E-state index contributed by atoms with van der Waals surface area (Å²) in [5.41, 5.74) is -2.18. The molecule has 0 radical (unpaired) electrons. The van der Waals surface area contributed by atoms with Crippen LogP contribution < -0.4 is 0 Å². The lowest BCUT2D eigenvalue weighted by atomic mass is 9.57. The fraction of sp³-hybridized carbons (Fsp3) is 0.700. The largest absolute Gasteiger partial charge is 0.481 e. The van der Waals surface area contributed by atoms with Gasteiger partial charge in [-0.05, 0) is 56.8 Å². The Hall–Kier alpha value is -1.46. The topological polar surface area (TPSA) is 94.8 Å². The molecular weight excluding hydrogens is 320 g/mol. The quantitative estimate of drug-likeness (QED) is 0.664. The Morgan fingerprint density at radius 1 is 1.32 bits per heavy atom. The number of Topliss-reactive ketones (excluding diaryl/α,β-unsaturated/α-hetero) is 1. The van der Waals surface area contributed by atoms with Crippen LogP contribution in [0.4, 0.5) is 0 Å². The molecule has 0 saturated heterocycles. The minimum Gasteiger partial charge on any atom is -0.481 e. The normalized spacial score (nSPS) is 53.4. The number of aliphatic hydroxyl groups excluding tert-OH is 1. The van der Waals surface area contributed by atoms with Crippen molar-refractivity contribution in [1.29, 1.82) is 0 Å². The summed E-state index contributed by atoms with van der Waals surface area (Å²) < 4.78 is 0. The minimum atomic E-state index is -1.38. The van der Waals surface area contributed by atoms with Crippen LogP contribution >= 0.6 is 0 Å². The van der Waals surface area contributed by atoms with Crippen molar-refractivity contribution < 1.29 is 24.9 Å². The van der Waals surface area contributed by atoms with Crippen LogP contribution in [-0.2, 0) is 9.59 Å². The molecule has 0 heterocycles. The number of aliphatic carboxylic acids is 1. The maximum atomic E-state index is 12.5. The molecule has 2 bridgehead atoms. The zero-order valence-electron chi connectivity index (χ0n) is 14.7. The summed E-state index contributed by atoms with van der Waals surface area (Å²) >= 11 is 0. The predicted octanol–water partition coefficient (Wildman–Crippen LogP) is 1.94. The van der Waals surface area contributed by atoms with Gasteiger partial charge in [0.15, 0.2) is 0 Å². The molecule has 3 fully saturated rings. The van der Waals surface area contributed by atoms with Crippen LogP contribution in [0.5, 0.6) is 0 Å². The van der Waals surface area contributed by atoms with Gasteiger partial charge in [-0.1, -0.05) is 24.3 Å². The fourth-order valence-electron chi connectivity index (χ4n) is 6.92. The Morgan fingerprint density at radius 3 is 2.60 bits per heavy atom. The number of allylic oxidation sites excluding steroid dienone is 1. The summed E-state index contributed by atoms with van der Waals surface area (Å²) in [7, 11) is 0. The van der Waals surface area contributed by atoms with Gasteiger partial charge in [0, 0.05) is 5.92 Å². The molecule has 0 amide bonds. The molecule has 5 heteroatoms.